The molecular formula is C15H26N2OS. The Morgan fingerprint density at radius 1 is 1.42 bits per heavy atom. The lowest BCUT2D eigenvalue weighted by Crippen LogP contribution is -2.39. The van der Waals surface area contributed by atoms with Crippen molar-refractivity contribution in [2.45, 2.75) is 71.4 Å². The average molecular weight is 282 g/mol. The number of piperidine rings is 1. The summed E-state index contributed by atoms with van der Waals surface area (Å²) in [5.74, 6) is 0.390. The van der Waals surface area contributed by atoms with Gasteiger partial charge in [0.25, 0.3) is 0 Å². The largest absolute Gasteiger partial charge is 0.391 e. The Kier molecular flexibility index (Phi) is 5.22. The Bertz CT molecular complexity index is 401. The molecule has 1 aromatic heterocycles. The normalized spacial score (nSPS) is 20.3. The number of thiazole rings is 1. The van der Waals surface area contributed by atoms with E-state index < -0.39 is 0 Å². The molecule has 0 saturated carbocycles. The maximum atomic E-state index is 9.50. The van der Waals surface area contributed by atoms with Gasteiger partial charge in [-0.3, -0.25) is 0 Å². The lowest BCUT2D eigenvalue weighted by atomic mass is 9.99. The molecule has 0 amide bonds. The molecular weight excluding hydrogens is 256 g/mol. The number of anilines is 1. The second kappa shape index (κ2) is 6.71. The molecule has 1 atom stereocenters. The number of hydrogen-bond donors (Lipinski definition) is 1. The molecule has 0 spiro atoms. The lowest BCUT2D eigenvalue weighted by molar-refractivity contribution is 0.283. The van der Waals surface area contributed by atoms with Crippen LogP contribution in [0.25, 0.3) is 0 Å². The molecule has 1 unspecified atom stereocenters. The Morgan fingerprint density at radius 3 is 2.79 bits per heavy atom. The molecule has 0 bridgehead atoms. The van der Waals surface area contributed by atoms with Gasteiger partial charge in [-0.1, -0.05) is 38.5 Å². The van der Waals surface area contributed by atoms with Gasteiger partial charge in [-0.05, 0) is 31.6 Å². The van der Waals surface area contributed by atoms with E-state index in [1.807, 2.05) is 0 Å². The van der Waals surface area contributed by atoms with Crippen LogP contribution in [-0.4, -0.2) is 22.7 Å². The number of nitrogens with zero attached hydrogens (tertiary/aromatic N) is 2. The van der Waals surface area contributed by atoms with E-state index >= 15 is 0 Å². The van der Waals surface area contributed by atoms with Crippen molar-refractivity contribution in [3.05, 3.63) is 10.6 Å². The predicted octanol–water partition coefficient (Wildman–Crippen LogP) is 3.92. The van der Waals surface area contributed by atoms with Crippen molar-refractivity contribution in [1.29, 1.82) is 0 Å². The fraction of sp³-hybridized carbons (Fsp3) is 0.800. The van der Waals surface area contributed by atoms with Crippen LogP contribution in [0.3, 0.4) is 0 Å². The Morgan fingerprint density at radius 2 is 2.21 bits per heavy atom. The summed E-state index contributed by atoms with van der Waals surface area (Å²) >= 11 is 1.69. The number of aliphatic hydroxyl groups is 1. The minimum Gasteiger partial charge on any atom is -0.391 e. The van der Waals surface area contributed by atoms with Gasteiger partial charge in [0.05, 0.1) is 17.2 Å². The highest BCUT2D eigenvalue weighted by atomic mass is 32.1. The standard InChI is InChI=1S/C15H26N2OS/c1-4-7-12-8-5-6-9-17(12)15-16-14(11(2)3)13(10-18)19-15/h11-12,18H,4-10H2,1-3H3. The topological polar surface area (TPSA) is 36.4 Å². The van der Waals surface area contributed by atoms with Gasteiger partial charge < -0.3 is 10.0 Å². The molecule has 2 heterocycles. The second-order valence-corrected chi connectivity index (χ2v) is 6.81. The van der Waals surface area contributed by atoms with Crippen LogP contribution < -0.4 is 4.90 Å². The molecule has 1 N–H and O–H groups in total. The number of hydrogen-bond acceptors (Lipinski definition) is 4. The third-order valence-electron chi connectivity index (χ3n) is 3.90. The molecule has 4 heteroatoms. The zero-order valence-corrected chi connectivity index (χ0v) is 13.2. The van der Waals surface area contributed by atoms with E-state index in [1.54, 1.807) is 11.3 Å². The van der Waals surface area contributed by atoms with Crippen LogP contribution in [0, 0.1) is 0 Å². The summed E-state index contributed by atoms with van der Waals surface area (Å²) in [5.41, 5.74) is 1.09. The molecule has 1 aliphatic rings. The molecule has 0 aromatic carbocycles. The smallest absolute Gasteiger partial charge is 0.186 e. The van der Waals surface area contributed by atoms with Crippen molar-refractivity contribution in [2.75, 3.05) is 11.4 Å². The summed E-state index contributed by atoms with van der Waals surface area (Å²) in [5, 5.41) is 10.6. The summed E-state index contributed by atoms with van der Waals surface area (Å²) in [6, 6.07) is 0.649. The highest BCUT2D eigenvalue weighted by molar-refractivity contribution is 7.15. The number of aromatic nitrogens is 1. The molecule has 1 aromatic rings. The minimum atomic E-state index is 0.122. The third-order valence-corrected chi connectivity index (χ3v) is 4.99. The van der Waals surface area contributed by atoms with E-state index in [2.05, 4.69) is 25.7 Å². The first kappa shape index (κ1) is 14.8. The highest BCUT2D eigenvalue weighted by Crippen LogP contribution is 2.34. The fourth-order valence-electron chi connectivity index (χ4n) is 2.92. The van der Waals surface area contributed by atoms with Crippen molar-refractivity contribution in [2.24, 2.45) is 0 Å². The summed E-state index contributed by atoms with van der Waals surface area (Å²) in [7, 11) is 0. The lowest BCUT2D eigenvalue weighted by Gasteiger charge is -2.35. The molecule has 1 saturated heterocycles. The van der Waals surface area contributed by atoms with Crippen LogP contribution in [0.15, 0.2) is 0 Å². The Balaban J connectivity index is 2.23. The highest BCUT2D eigenvalue weighted by Gasteiger charge is 2.25. The quantitative estimate of drug-likeness (QED) is 0.889. The van der Waals surface area contributed by atoms with Crippen LogP contribution in [0.4, 0.5) is 5.13 Å². The average Bonchev–Trinajstić information content (AvgIpc) is 2.84. The Hall–Kier alpha value is -0.610. The monoisotopic (exact) mass is 282 g/mol. The molecule has 19 heavy (non-hydrogen) atoms. The van der Waals surface area contributed by atoms with Crippen molar-refractivity contribution < 1.29 is 5.11 Å². The molecule has 3 nitrogen and oxygen atoms in total. The van der Waals surface area contributed by atoms with E-state index in [0.29, 0.717) is 12.0 Å². The number of rotatable bonds is 5. The van der Waals surface area contributed by atoms with Crippen LogP contribution >= 0.6 is 11.3 Å². The van der Waals surface area contributed by atoms with Gasteiger partial charge in [-0.15, -0.1) is 0 Å². The van der Waals surface area contributed by atoms with Gasteiger partial charge in [-0.25, -0.2) is 4.98 Å². The van der Waals surface area contributed by atoms with Gasteiger partial charge >= 0.3 is 0 Å². The molecule has 0 radical (unpaired) electrons. The Labute approximate surface area is 120 Å². The van der Waals surface area contributed by atoms with Crippen LogP contribution in [-0.2, 0) is 6.61 Å². The maximum absolute atomic E-state index is 9.50. The molecule has 1 aliphatic heterocycles. The predicted molar refractivity (Wildman–Crippen MR) is 82.0 cm³/mol. The van der Waals surface area contributed by atoms with Gasteiger partial charge in [0.2, 0.25) is 0 Å². The zero-order chi connectivity index (χ0) is 13.8. The second-order valence-electron chi connectivity index (χ2n) is 5.75. The first-order valence-electron chi connectivity index (χ1n) is 7.54. The van der Waals surface area contributed by atoms with Gasteiger partial charge in [0, 0.05) is 12.6 Å². The third kappa shape index (κ3) is 3.29. The number of aliphatic hydroxyl groups excluding tert-OH is 1. The summed E-state index contributed by atoms with van der Waals surface area (Å²) < 4.78 is 0. The van der Waals surface area contributed by atoms with E-state index in [0.717, 1.165) is 22.2 Å². The van der Waals surface area contributed by atoms with Crippen molar-refractivity contribution in [3.63, 3.8) is 0 Å². The molecule has 2 rings (SSSR count). The maximum Gasteiger partial charge on any atom is 0.186 e. The SMILES string of the molecule is CCCC1CCCCN1c1nc(C(C)C)c(CO)s1. The van der Waals surface area contributed by atoms with Crippen molar-refractivity contribution >= 4 is 16.5 Å². The van der Waals surface area contributed by atoms with Crippen LogP contribution in [0.5, 0.6) is 0 Å². The minimum absolute atomic E-state index is 0.122. The molecule has 108 valence electrons. The first-order chi connectivity index (χ1) is 9.17. The zero-order valence-electron chi connectivity index (χ0n) is 12.4. The molecule has 0 aliphatic carbocycles. The van der Waals surface area contributed by atoms with Gasteiger partial charge in [0.15, 0.2) is 5.13 Å². The van der Waals surface area contributed by atoms with Crippen LogP contribution in [0.2, 0.25) is 0 Å². The first-order valence-corrected chi connectivity index (χ1v) is 8.36. The molecule has 1 fully saturated rings. The van der Waals surface area contributed by atoms with Gasteiger partial charge in [-0.2, -0.15) is 0 Å². The summed E-state index contributed by atoms with van der Waals surface area (Å²) in [6.07, 6.45) is 6.39. The van der Waals surface area contributed by atoms with Crippen molar-refractivity contribution in [3.8, 4) is 0 Å². The van der Waals surface area contributed by atoms with E-state index in [-0.39, 0.29) is 6.61 Å². The summed E-state index contributed by atoms with van der Waals surface area (Å²) in [4.78, 5) is 8.36. The van der Waals surface area contributed by atoms with E-state index in [1.165, 1.54) is 32.1 Å². The van der Waals surface area contributed by atoms with Gasteiger partial charge in [0.1, 0.15) is 0 Å². The van der Waals surface area contributed by atoms with E-state index in [4.69, 9.17) is 4.98 Å². The summed E-state index contributed by atoms with van der Waals surface area (Å²) in [6.45, 7) is 7.81. The van der Waals surface area contributed by atoms with E-state index in [9.17, 15) is 5.11 Å². The van der Waals surface area contributed by atoms with Crippen molar-refractivity contribution in [1.82, 2.24) is 4.98 Å². The fourth-order valence-corrected chi connectivity index (χ4v) is 4.10. The van der Waals surface area contributed by atoms with Crippen LogP contribution in [0.1, 0.15) is 69.4 Å².